The molecule has 3 aromatic rings. The Morgan fingerprint density at radius 2 is 1.93 bits per heavy atom. The molecule has 0 saturated heterocycles. The van der Waals surface area contributed by atoms with Crippen LogP contribution in [0.1, 0.15) is 33.6 Å². The van der Waals surface area contributed by atoms with E-state index < -0.39 is 11.9 Å². The molecule has 0 saturated carbocycles. The fraction of sp³-hybridized carbons (Fsp3) is 0.348. The summed E-state index contributed by atoms with van der Waals surface area (Å²) in [6.45, 7) is 1.21. The van der Waals surface area contributed by atoms with Gasteiger partial charge in [0.2, 0.25) is 0 Å². The van der Waals surface area contributed by atoms with Crippen molar-refractivity contribution in [2.24, 2.45) is 0 Å². The van der Waals surface area contributed by atoms with Gasteiger partial charge in [0.25, 0.3) is 5.92 Å². The number of alkyl halides is 2. The minimum Gasteiger partial charge on any atom is -0.465 e. The van der Waals surface area contributed by atoms with Crippen LogP contribution in [0.4, 0.5) is 13.2 Å². The monoisotopic (exact) mass is 417 g/mol. The van der Waals surface area contributed by atoms with E-state index in [4.69, 9.17) is 9.47 Å². The van der Waals surface area contributed by atoms with Crippen molar-refractivity contribution in [2.45, 2.75) is 38.3 Å². The van der Waals surface area contributed by atoms with Gasteiger partial charge in [-0.05, 0) is 47.9 Å². The number of fused-ring (bicyclic) bond motifs is 3. The maximum atomic E-state index is 14.1. The zero-order valence-corrected chi connectivity index (χ0v) is 16.6. The number of esters is 1. The molecule has 0 aliphatic heterocycles. The second kappa shape index (κ2) is 8.14. The predicted molar refractivity (Wildman–Crippen MR) is 106 cm³/mol. The molecule has 4 nitrogen and oxygen atoms in total. The van der Waals surface area contributed by atoms with Gasteiger partial charge in [-0.2, -0.15) is 0 Å². The molecule has 1 aliphatic carbocycles. The summed E-state index contributed by atoms with van der Waals surface area (Å²) in [7, 11) is 1.29. The van der Waals surface area contributed by atoms with Crippen molar-refractivity contribution in [3.63, 3.8) is 0 Å². The van der Waals surface area contributed by atoms with Crippen molar-refractivity contribution in [1.82, 2.24) is 4.57 Å². The minimum atomic E-state index is -2.76. The number of hydrogen-bond donors (Lipinski definition) is 0. The quantitative estimate of drug-likeness (QED) is 0.423. The molecular formula is C23H22F3NO3. The van der Waals surface area contributed by atoms with Gasteiger partial charge in [-0.25, -0.2) is 18.0 Å². The van der Waals surface area contributed by atoms with E-state index in [0.29, 0.717) is 36.3 Å². The molecule has 7 heteroatoms. The number of hydrogen-bond acceptors (Lipinski definition) is 3. The molecule has 0 unspecified atom stereocenters. The van der Waals surface area contributed by atoms with E-state index in [2.05, 4.69) is 0 Å². The molecule has 0 fully saturated rings. The molecular weight excluding hydrogens is 395 g/mol. The summed E-state index contributed by atoms with van der Waals surface area (Å²) in [6.07, 6.45) is -0.272. The van der Waals surface area contributed by atoms with Crippen molar-refractivity contribution >= 4 is 16.9 Å². The number of halogens is 3. The Bertz CT molecular complexity index is 1070. The van der Waals surface area contributed by atoms with Crippen LogP contribution in [0.15, 0.2) is 42.5 Å². The molecule has 2 aromatic carbocycles. The lowest BCUT2D eigenvalue weighted by Crippen LogP contribution is -2.26. The van der Waals surface area contributed by atoms with Crippen molar-refractivity contribution in [2.75, 3.05) is 13.7 Å². The normalized spacial score (nSPS) is 15.2. The van der Waals surface area contributed by atoms with Gasteiger partial charge >= 0.3 is 5.97 Å². The van der Waals surface area contributed by atoms with Gasteiger partial charge in [0.15, 0.2) is 0 Å². The summed E-state index contributed by atoms with van der Waals surface area (Å²) in [5.41, 5.74) is 3.45. The van der Waals surface area contributed by atoms with Crippen LogP contribution in [0.2, 0.25) is 0 Å². The molecule has 30 heavy (non-hydrogen) atoms. The average Bonchev–Trinajstić information content (AvgIpc) is 3.03. The first-order valence-corrected chi connectivity index (χ1v) is 9.80. The van der Waals surface area contributed by atoms with Crippen LogP contribution < -0.4 is 0 Å². The highest BCUT2D eigenvalue weighted by atomic mass is 19.3. The fourth-order valence-electron chi connectivity index (χ4n) is 4.04. The smallest absolute Gasteiger partial charge is 0.337 e. The lowest BCUT2D eigenvalue weighted by Gasteiger charge is -2.23. The van der Waals surface area contributed by atoms with Gasteiger partial charge < -0.3 is 14.0 Å². The summed E-state index contributed by atoms with van der Waals surface area (Å²) in [5, 5.41) is 0.658. The van der Waals surface area contributed by atoms with Crippen molar-refractivity contribution in [1.29, 1.82) is 0 Å². The molecule has 0 atom stereocenters. The van der Waals surface area contributed by atoms with Gasteiger partial charge in [0.1, 0.15) is 5.82 Å². The average molecular weight is 417 g/mol. The van der Waals surface area contributed by atoms with Crippen LogP contribution in [0, 0.1) is 5.82 Å². The maximum absolute atomic E-state index is 14.1. The maximum Gasteiger partial charge on any atom is 0.337 e. The van der Waals surface area contributed by atoms with Crippen LogP contribution in [-0.2, 0) is 35.5 Å². The number of rotatable bonds is 6. The van der Waals surface area contributed by atoms with Crippen LogP contribution in [0.5, 0.6) is 0 Å². The first kappa shape index (κ1) is 20.5. The fourth-order valence-corrected chi connectivity index (χ4v) is 4.04. The standard InChI is InChI=1S/C23H22F3NO3/c1-29-22(28)16-4-7-20-18(12-16)19-13-23(25,26)9-8-21(19)27(20)10-11-30-14-15-2-5-17(24)6-3-15/h2-7,12H,8-11,13-14H2,1H3. The van der Waals surface area contributed by atoms with Gasteiger partial charge in [-0.3, -0.25) is 0 Å². The van der Waals surface area contributed by atoms with Gasteiger partial charge in [-0.1, -0.05) is 12.1 Å². The van der Waals surface area contributed by atoms with Gasteiger partial charge in [-0.15, -0.1) is 0 Å². The SMILES string of the molecule is COC(=O)c1ccc2c(c1)c1c(n2CCOCc2ccc(F)cc2)CCC(F)(F)C1. The Hall–Kier alpha value is -2.80. The first-order chi connectivity index (χ1) is 14.4. The number of ether oxygens (including phenoxy) is 2. The van der Waals surface area contributed by atoms with Crippen LogP contribution in [0.3, 0.4) is 0 Å². The van der Waals surface area contributed by atoms with E-state index in [1.807, 2.05) is 4.57 Å². The molecule has 0 bridgehead atoms. The number of carbonyl (C=O) groups is 1. The number of carbonyl (C=O) groups excluding carboxylic acids is 1. The van der Waals surface area contributed by atoms with E-state index in [1.54, 1.807) is 30.3 Å². The molecule has 0 spiro atoms. The number of methoxy groups -OCH3 is 1. The lowest BCUT2D eigenvalue weighted by atomic mass is 9.92. The number of nitrogens with zero attached hydrogens (tertiary/aromatic N) is 1. The topological polar surface area (TPSA) is 40.5 Å². The molecule has 0 N–H and O–H groups in total. The highest BCUT2D eigenvalue weighted by Crippen LogP contribution is 2.39. The summed E-state index contributed by atoms with van der Waals surface area (Å²) < 4.78 is 53.7. The third kappa shape index (κ3) is 4.07. The van der Waals surface area contributed by atoms with Crippen LogP contribution in [-0.4, -0.2) is 30.2 Å². The molecule has 1 heterocycles. The second-order valence-electron chi connectivity index (χ2n) is 7.51. The van der Waals surface area contributed by atoms with Crippen molar-refractivity contribution < 1.29 is 27.4 Å². The molecule has 0 radical (unpaired) electrons. The van der Waals surface area contributed by atoms with Gasteiger partial charge in [0.05, 0.1) is 25.9 Å². The van der Waals surface area contributed by atoms with Crippen molar-refractivity contribution in [3.05, 3.63) is 70.7 Å². The van der Waals surface area contributed by atoms with E-state index in [-0.39, 0.29) is 25.1 Å². The minimum absolute atomic E-state index is 0.198. The molecule has 0 amide bonds. The largest absolute Gasteiger partial charge is 0.465 e. The number of benzene rings is 2. The van der Waals surface area contributed by atoms with E-state index in [9.17, 15) is 18.0 Å². The Balaban J connectivity index is 1.59. The van der Waals surface area contributed by atoms with Gasteiger partial charge in [0, 0.05) is 36.0 Å². The predicted octanol–water partition coefficient (Wildman–Crippen LogP) is 4.91. The Morgan fingerprint density at radius 1 is 1.17 bits per heavy atom. The number of aromatic nitrogens is 1. The Labute approximate surface area is 172 Å². The molecule has 1 aliphatic rings. The Kier molecular flexibility index (Phi) is 5.56. The highest BCUT2D eigenvalue weighted by Gasteiger charge is 2.37. The first-order valence-electron chi connectivity index (χ1n) is 9.80. The van der Waals surface area contributed by atoms with Crippen LogP contribution in [0.25, 0.3) is 10.9 Å². The molecule has 4 rings (SSSR count). The molecule has 1 aromatic heterocycles. The van der Waals surface area contributed by atoms with E-state index in [1.165, 1.54) is 19.2 Å². The van der Waals surface area contributed by atoms with Crippen LogP contribution >= 0.6 is 0 Å². The Morgan fingerprint density at radius 3 is 2.67 bits per heavy atom. The van der Waals surface area contributed by atoms with Crippen molar-refractivity contribution in [3.8, 4) is 0 Å². The summed E-state index contributed by atoms with van der Waals surface area (Å²) in [5.74, 6) is -3.55. The van der Waals surface area contributed by atoms with E-state index >= 15 is 0 Å². The third-order valence-electron chi connectivity index (χ3n) is 5.51. The second-order valence-corrected chi connectivity index (χ2v) is 7.51. The summed E-state index contributed by atoms with van der Waals surface area (Å²) in [6, 6.07) is 11.2. The highest BCUT2D eigenvalue weighted by molar-refractivity contribution is 5.96. The zero-order valence-electron chi connectivity index (χ0n) is 16.6. The third-order valence-corrected chi connectivity index (χ3v) is 5.51. The van der Waals surface area contributed by atoms with E-state index in [0.717, 1.165) is 16.8 Å². The lowest BCUT2D eigenvalue weighted by molar-refractivity contribution is -0.0126. The zero-order chi connectivity index (χ0) is 21.3. The molecule has 158 valence electrons. The summed E-state index contributed by atoms with van der Waals surface area (Å²) >= 11 is 0. The summed E-state index contributed by atoms with van der Waals surface area (Å²) in [4.78, 5) is 11.9.